The predicted molar refractivity (Wildman–Crippen MR) is 128 cm³/mol. The fourth-order valence-electron chi connectivity index (χ4n) is 3.98. The molecule has 1 aliphatic rings. The first-order valence-electron chi connectivity index (χ1n) is 10.5. The van der Waals surface area contributed by atoms with Gasteiger partial charge in [-0.1, -0.05) is 12.1 Å². The molecule has 9 nitrogen and oxygen atoms in total. The molecule has 4 heterocycles. The summed E-state index contributed by atoms with van der Waals surface area (Å²) in [5, 5.41) is 8.45. The van der Waals surface area contributed by atoms with Gasteiger partial charge in [0.1, 0.15) is 12.9 Å². The fourth-order valence-corrected chi connectivity index (χ4v) is 4.70. The molecule has 1 aromatic carbocycles. The summed E-state index contributed by atoms with van der Waals surface area (Å²) in [6.07, 6.45) is 3.46. The minimum absolute atomic E-state index is 0.193. The van der Waals surface area contributed by atoms with Crippen molar-refractivity contribution in [3.8, 4) is 11.5 Å². The largest absolute Gasteiger partial charge is 0.493 e. The normalized spacial score (nSPS) is 15.4. The third kappa shape index (κ3) is 3.92. The zero-order chi connectivity index (χ0) is 23.7. The number of fused-ring (bicyclic) bond motifs is 1. The molecule has 0 N–H and O–H groups in total. The van der Waals surface area contributed by atoms with E-state index in [-0.39, 0.29) is 24.1 Å². The Hall–Kier alpha value is -4.05. The van der Waals surface area contributed by atoms with Crippen LogP contribution in [0.5, 0.6) is 11.5 Å². The molecule has 0 saturated carbocycles. The number of hydrazone groups is 1. The van der Waals surface area contributed by atoms with Crippen LogP contribution >= 0.6 is 11.3 Å². The van der Waals surface area contributed by atoms with Crippen LogP contribution in [0.25, 0.3) is 11.0 Å². The van der Waals surface area contributed by atoms with Crippen LogP contribution in [0.3, 0.4) is 0 Å². The molecular formula is C24H21N5O4S. The number of nitrogens with zero attached hydrogens (tertiary/aromatic N) is 5. The van der Waals surface area contributed by atoms with E-state index < -0.39 is 0 Å². The van der Waals surface area contributed by atoms with Gasteiger partial charge in [-0.05, 0) is 41.3 Å². The van der Waals surface area contributed by atoms with E-state index in [9.17, 15) is 9.59 Å². The van der Waals surface area contributed by atoms with Gasteiger partial charge in [0.15, 0.2) is 17.1 Å². The van der Waals surface area contributed by atoms with Crippen LogP contribution in [0.4, 0.5) is 0 Å². The number of aromatic nitrogens is 3. The van der Waals surface area contributed by atoms with Crippen molar-refractivity contribution in [2.45, 2.75) is 19.0 Å². The third-order valence-corrected chi connectivity index (χ3v) is 6.59. The SMILES string of the molecule is COc1ccc([C@@H]2CC(c3cccs3)=NN2C(=O)Cn2cnc3ncccc3c2=O)cc1OC. The van der Waals surface area contributed by atoms with Gasteiger partial charge >= 0.3 is 0 Å². The Balaban J connectivity index is 1.50. The van der Waals surface area contributed by atoms with E-state index >= 15 is 0 Å². The maximum absolute atomic E-state index is 13.4. The van der Waals surface area contributed by atoms with Crippen molar-refractivity contribution in [2.75, 3.05) is 14.2 Å². The summed E-state index contributed by atoms with van der Waals surface area (Å²) in [4.78, 5) is 35.6. The van der Waals surface area contributed by atoms with Gasteiger partial charge in [0.25, 0.3) is 11.5 Å². The van der Waals surface area contributed by atoms with Crippen molar-refractivity contribution in [3.05, 3.63) is 81.2 Å². The van der Waals surface area contributed by atoms with Crippen molar-refractivity contribution in [1.82, 2.24) is 19.5 Å². The molecule has 34 heavy (non-hydrogen) atoms. The molecule has 5 rings (SSSR count). The highest BCUT2D eigenvalue weighted by molar-refractivity contribution is 7.12. The van der Waals surface area contributed by atoms with E-state index in [1.54, 1.807) is 43.9 Å². The molecule has 0 radical (unpaired) electrons. The van der Waals surface area contributed by atoms with Crippen molar-refractivity contribution in [1.29, 1.82) is 0 Å². The lowest BCUT2D eigenvalue weighted by Gasteiger charge is -2.23. The molecule has 0 unspecified atom stereocenters. The molecule has 1 amide bonds. The highest BCUT2D eigenvalue weighted by Crippen LogP contribution is 2.38. The van der Waals surface area contributed by atoms with Crippen LogP contribution < -0.4 is 15.0 Å². The molecule has 4 aromatic rings. The van der Waals surface area contributed by atoms with Gasteiger partial charge in [-0.25, -0.2) is 15.0 Å². The Morgan fingerprint density at radius 1 is 1.12 bits per heavy atom. The molecule has 3 aromatic heterocycles. The fraction of sp³-hybridized carbons (Fsp3) is 0.208. The maximum atomic E-state index is 13.4. The molecule has 1 atom stereocenters. The summed E-state index contributed by atoms with van der Waals surface area (Å²) < 4.78 is 12.1. The lowest BCUT2D eigenvalue weighted by atomic mass is 10.0. The van der Waals surface area contributed by atoms with E-state index in [0.29, 0.717) is 29.0 Å². The molecule has 0 fully saturated rings. The second-order valence-electron chi connectivity index (χ2n) is 7.65. The Morgan fingerprint density at radius 3 is 2.74 bits per heavy atom. The number of pyridine rings is 1. The van der Waals surface area contributed by atoms with Gasteiger partial charge in [0.2, 0.25) is 0 Å². The average molecular weight is 476 g/mol. The molecule has 0 saturated heterocycles. The van der Waals surface area contributed by atoms with Gasteiger partial charge in [-0.15, -0.1) is 11.3 Å². The summed E-state index contributed by atoms with van der Waals surface area (Å²) >= 11 is 1.57. The Labute approximate surface area is 198 Å². The minimum atomic E-state index is -0.352. The van der Waals surface area contributed by atoms with Gasteiger partial charge in [0, 0.05) is 12.6 Å². The van der Waals surface area contributed by atoms with Gasteiger partial charge < -0.3 is 9.47 Å². The first kappa shape index (κ1) is 21.8. The topological polar surface area (TPSA) is 98.9 Å². The summed E-state index contributed by atoms with van der Waals surface area (Å²) in [6.45, 7) is -0.193. The Kier molecular flexibility index (Phi) is 5.81. The lowest BCUT2D eigenvalue weighted by Crippen LogP contribution is -2.34. The number of ether oxygens (including phenoxy) is 2. The van der Waals surface area contributed by atoms with Gasteiger partial charge in [-0.3, -0.25) is 14.2 Å². The molecule has 172 valence electrons. The van der Waals surface area contributed by atoms with E-state index in [1.807, 2.05) is 35.7 Å². The van der Waals surface area contributed by atoms with Crippen LogP contribution in [-0.2, 0) is 11.3 Å². The van der Waals surface area contributed by atoms with E-state index in [0.717, 1.165) is 16.2 Å². The number of thiophene rings is 1. The summed E-state index contributed by atoms with van der Waals surface area (Å²) in [5.41, 5.74) is 1.69. The van der Waals surface area contributed by atoms with Crippen molar-refractivity contribution < 1.29 is 14.3 Å². The van der Waals surface area contributed by atoms with Crippen LogP contribution in [0.15, 0.2) is 70.3 Å². The summed E-state index contributed by atoms with van der Waals surface area (Å²) in [6, 6.07) is 12.5. The third-order valence-electron chi connectivity index (χ3n) is 5.67. The van der Waals surface area contributed by atoms with Crippen molar-refractivity contribution >= 4 is 34.0 Å². The van der Waals surface area contributed by atoms with Gasteiger partial charge in [0.05, 0.1) is 36.2 Å². The van der Waals surface area contributed by atoms with Crippen LogP contribution in [0.1, 0.15) is 22.9 Å². The maximum Gasteiger partial charge on any atom is 0.263 e. The van der Waals surface area contributed by atoms with Crippen molar-refractivity contribution in [2.24, 2.45) is 5.10 Å². The molecule has 1 aliphatic heterocycles. The molecule has 0 spiro atoms. The number of carbonyl (C=O) groups is 1. The molecule has 0 bridgehead atoms. The van der Waals surface area contributed by atoms with Crippen LogP contribution in [-0.4, -0.2) is 45.4 Å². The van der Waals surface area contributed by atoms with E-state index in [2.05, 4.69) is 15.1 Å². The second kappa shape index (κ2) is 9.06. The van der Waals surface area contributed by atoms with Gasteiger partial charge in [-0.2, -0.15) is 5.10 Å². The number of carbonyl (C=O) groups excluding carboxylic acids is 1. The number of rotatable bonds is 6. The first-order chi connectivity index (χ1) is 16.6. The Morgan fingerprint density at radius 2 is 1.97 bits per heavy atom. The molecule has 0 aliphatic carbocycles. The number of methoxy groups -OCH3 is 2. The molecule has 10 heteroatoms. The summed E-state index contributed by atoms with van der Waals surface area (Å²) in [5.74, 6) is 0.849. The number of hydrogen-bond acceptors (Lipinski definition) is 8. The first-order valence-corrected chi connectivity index (χ1v) is 11.4. The van der Waals surface area contributed by atoms with Crippen molar-refractivity contribution in [3.63, 3.8) is 0 Å². The minimum Gasteiger partial charge on any atom is -0.493 e. The number of amides is 1. The quantitative estimate of drug-likeness (QED) is 0.425. The standard InChI is InChI=1S/C24H21N5O4S/c1-32-19-8-7-15(11-20(19)33-2)18-12-17(21-6-4-10-34-21)27-29(18)22(30)13-28-14-26-23-16(24(28)31)5-3-9-25-23/h3-11,14,18H,12-13H2,1-2H3/t18-/m0/s1. The smallest absolute Gasteiger partial charge is 0.263 e. The van der Waals surface area contributed by atoms with Crippen LogP contribution in [0.2, 0.25) is 0 Å². The predicted octanol–water partition coefficient (Wildman–Crippen LogP) is 3.25. The number of hydrogen-bond donors (Lipinski definition) is 0. The van der Waals surface area contributed by atoms with E-state index in [1.165, 1.54) is 15.9 Å². The zero-order valence-electron chi connectivity index (χ0n) is 18.5. The highest BCUT2D eigenvalue weighted by atomic mass is 32.1. The summed E-state index contributed by atoms with van der Waals surface area (Å²) in [7, 11) is 3.15. The van der Waals surface area contributed by atoms with E-state index in [4.69, 9.17) is 9.47 Å². The Bertz CT molecular complexity index is 1450. The number of benzene rings is 1. The monoisotopic (exact) mass is 475 g/mol. The molecular weight excluding hydrogens is 454 g/mol. The second-order valence-corrected chi connectivity index (χ2v) is 8.60. The van der Waals surface area contributed by atoms with Crippen LogP contribution in [0, 0.1) is 0 Å². The average Bonchev–Trinajstić information content (AvgIpc) is 3.56. The highest BCUT2D eigenvalue weighted by Gasteiger charge is 2.34. The zero-order valence-corrected chi connectivity index (χ0v) is 19.4. The lowest BCUT2D eigenvalue weighted by molar-refractivity contribution is -0.133.